The molecule has 21 nitrogen and oxygen atoms in total. The van der Waals surface area contributed by atoms with E-state index >= 15 is 0 Å². The lowest BCUT2D eigenvalue weighted by molar-refractivity contribution is -0.199. The number of anilines is 1. The minimum Gasteiger partial charge on any atom is -0.480 e. The highest BCUT2D eigenvalue weighted by molar-refractivity contribution is 7.47. The van der Waals surface area contributed by atoms with Crippen molar-refractivity contribution < 1.29 is 71.2 Å². The number of phosphoric ester groups is 1. The van der Waals surface area contributed by atoms with E-state index in [1.54, 1.807) is 55.4 Å². The normalized spacial score (nSPS) is 22.1. The second-order valence-electron chi connectivity index (χ2n) is 17.8. The van der Waals surface area contributed by atoms with Crippen LogP contribution in [0, 0.1) is 0 Å². The number of phosphoric acid groups is 1. The molecular weight excluding hydrogens is 859 g/mol. The number of aromatic nitrogens is 4. The van der Waals surface area contributed by atoms with E-state index in [4.69, 9.17) is 37.5 Å². The number of fused-ring (bicyclic) bond motifs is 5. The quantitative estimate of drug-likeness (QED) is 0.102. The zero-order valence-electron chi connectivity index (χ0n) is 36.6. The maximum Gasteiger partial charge on any atom is 0.472 e. The molecule has 2 aliphatic heterocycles. The Morgan fingerprint density at radius 1 is 0.891 bits per heavy atom. The fraction of sp³-hybridized carbons (Fsp3) is 0.500. The lowest BCUT2D eigenvalue weighted by Crippen LogP contribution is -2.48. The number of carboxylic acid groups (broad SMARTS) is 1. The van der Waals surface area contributed by atoms with Crippen LogP contribution in [0.1, 0.15) is 85.6 Å². The predicted octanol–water partition coefficient (Wildman–Crippen LogP) is 6.43. The van der Waals surface area contributed by atoms with E-state index in [-0.39, 0.29) is 29.5 Å². The number of carbonyl (C=O) groups excluding carboxylic acids is 3. The lowest BCUT2D eigenvalue weighted by atomic mass is 9.98. The van der Waals surface area contributed by atoms with E-state index in [1.165, 1.54) is 17.8 Å². The number of rotatable bonds is 12. The SMILES string of the molecule is C[C@@H](OP(=O)(O)OC[C@H]1O[C@@H](n2cnc3c(N(C(=O)OC(C)(C)C)C(=O)OC(C)(C)C)ncnc32)[C@@H]2OC(C)(C)O[C@@H]21)[C@H](NC(=O)OCC1c2ccccc2-c2ccccc21)C(=O)O. The molecule has 0 spiro atoms. The molecule has 4 heterocycles. The molecule has 2 fully saturated rings. The van der Waals surface area contributed by atoms with Crippen LogP contribution in [0.25, 0.3) is 22.3 Å². The Kier molecular flexibility index (Phi) is 12.7. The van der Waals surface area contributed by atoms with Crippen LogP contribution in [0.3, 0.4) is 0 Å². The number of benzene rings is 2. The number of hydrogen-bond donors (Lipinski definition) is 3. The molecule has 1 aliphatic carbocycles. The second-order valence-corrected chi connectivity index (χ2v) is 19.2. The van der Waals surface area contributed by atoms with Crippen molar-refractivity contribution in [1.82, 2.24) is 24.8 Å². The van der Waals surface area contributed by atoms with Crippen molar-refractivity contribution in [2.75, 3.05) is 18.1 Å². The van der Waals surface area contributed by atoms with Gasteiger partial charge in [0.1, 0.15) is 42.4 Å². The zero-order chi connectivity index (χ0) is 46.5. The molecule has 7 atom stereocenters. The first-order valence-electron chi connectivity index (χ1n) is 20.4. The summed E-state index contributed by atoms with van der Waals surface area (Å²) in [6, 6.07) is 13.6. The Bertz CT molecular complexity index is 2410. The van der Waals surface area contributed by atoms with Gasteiger partial charge in [0.05, 0.1) is 19.0 Å². The number of alkyl carbamates (subject to hydrolysis) is 1. The van der Waals surface area contributed by atoms with E-state index in [0.29, 0.717) is 4.90 Å². The molecule has 3 amide bonds. The van der Waals surface area contributed by atoms with Crippen LogP contribution in [-0.2, 0) is 46.8 Å². The highest BCUT2D eigenvalue weighted by atomic mass is 31.2. The summed E-state index contributed by atoms with van der Waals surface area (Å²) in [5.74, 6) is -3.27. The highest BCUT2D eigenvalue weighted by Crippen LogP contribution is 2.49. The molecule has 0 bridgehead atoms. The first-order valence-corrected chi connectivity index (χ1v) is 21.9. The van der Waals surface area contributed by atoms with Crippen molar-refractivity contribution in [3.05, 3.63) is 72.3 Å². The molecule has 22 heteroatoms. The van der Waals surface area contributed by atoms with Gasteiger partial charge in [0, 0.05) is 5.92 Å². The van der Waals surface area contributed by atoms with Crippen LogP contribution in [0.15, 0.2) is 61.2 Å². The molecule has 2 aromatic heterocycles. The minimum atomic E-state index is -5.06. The van der Waals surface area contributed by atoms with Gasteiger partial charge in [-0.05, 0) is 84.6 Å². The third-order valence-corrected chi connectivity index (χ3v) is 11.2. The molecule has 0 saturated carbocycles. The summed E-state index contributed by atoms with van der Waals surface area (Å²) in [6.07, 6.45) is -6.36. The average Bonchev–Trinajstić information content (AvgIpc) is 3.92. The molecule has 64 heavy (non-hydrogen) atoms. The van der Waals surface area contributed by atoms with Crippen LogP contribution >= 0.6 is 7.82 Å². The Morgan fingerprint density at radius 3 is 2.05 bits per heavy atom. The van der Waals surface area contributed by atoms with E-state index < -0.39 is 92.4 Å². The number of carboxylic acids is 1. The van der Waals surface area contributed by atoms with Crippen molar-refractivity contribution in [2.45, 2.75) is 122 Å². The van der Waals surface area contributed by atoms with E-state index in [0.717, 1.165) is 28.6 Å². The molecule has 1 unspecified atom stereocenters. The number of imide groups is 1. The number of nitrogens with one attached hydrogen (secondary N) is 1. The van der Waals surface area contributed by atoms with Gasteiger partial charge in [0.15, 0.2) is 35.0 Å². The summed E-state index contributed by atoms with van der Waals surface area (Å²) in [7, 11) is -5.06. The Hall–Kier alpha value is -5.54. The number of ether oxygens (including phenoxy) is 6. The average molecular weight is 911 g/mol. The van der Waals surface area contributed by atoms with Gasteiger partial charge in [-0.2, -0.15) is 4.90 Å². The van der Waals surface area contributed by atoms with Gasteiger partial charge in [-0.25, -0.2) is 38.7 Å². The molecule has 3 N–H and O–H groups in total. The molecule has 3 aliphatic rings. The Balaban J connectivity index is 1.03. The van der Waals surface area contributed by atoms with Gasteiger partial charge in [0.2, 0.25) is 0 Å². The molecule has 4 aromatic rings. The molecule has 0 radical (unpaired) electrons. The molecule has 2 aromatic carbocycles. The second kappa shape index (κ2) is 17.4. The first-order chi connectivity index (χ1) is 29.9. The van der Waals surface area contributed by atoms with Gasteiger partial charge in [-0.3, -0.25) is 13.6 Å². The number of hydrogen-bond acceptors (Lipinski definition) is 16. The van der Waals surface area contributed by atoms with Crippen LogP contribution < -0.4 is 10.2 Å². The summed E-state index contributed by atoms with van der Waals surface area (Å²) >= 11 is 0. The van der Waals surface area contributed by atoms with Crippen LogP contribution in [0.5, 0.6) is 0 Å². The number of carbonyl (C=O) groups is 4. The Morgan fingerprint density at radius 2 is 1.47 bits per heavy atom. The summed E-state index contributed by atoms with van der Waals surface area (Å²) in [6.45, 7) is 13.5. The molecular formula is C42H51N6O15P. The predicted molar refractivity (Wildman–Crippen MR) is 224 cm³/mol. The summed E-state index contributed by atoms with van der Waals surface area (Å²) in [4.78, 5) is 76.6. The molecule has 7 rings (SSSR count). The largest absolute Gasteiger partial charge is 0.480 e. The Labute approximate surface area is 367 Å². The third kappa shape index (κ3) is 10.0. The number of imidazole rings is 1. The summed E-state index contributed by atoms with van der Waals surface area (Å²) in [5.41, 5.74) is 1.99. The third-order valence-electron chi connectivity index (χ3n) is 10.2. The van der Waals surface area contributed by atoms with Crippen molar-refractivity contribution in [3.63, 3.8) is 0 Å². The van der Waals surface area contributed by atoms with Crippen molar-refractivity contribution >= 4 is 49.1 Å². The van der Waals surface area contributed by atoms with Crippen LogP contribution in [0.2, 0.25) is 0 Å². The zero-order valence-corrected chi connectivity index (χ0v) is 37.5. The van der Waals surface area contributed by atoms with Gasteiger partial charge in [-0.15, -0.1) is 0 Å². The number of aliphatic carboxylic acids is 1. The van der Waals surface area contributed by atoms with Gasteiger partial charge < -0.3 is 43.7 Å². The van der Waals surface area contributed by atoms with Gasteiger partial charge >= 0.3 is 32.1 Å². The first kappa shape index (κ1) is 46.5. The summed E-state index contributed by atoms with van der Waals surface area (Å²) < 4.78 is 60.5. The monoisotopic (exact) mass is 910 g/mol. The molecule has 2 saturated heterocycles. The lowest BCUT2D eigenvalue weighted by Gasteiger charge is -2.28. The minimum absolute atomic E-state index is 0.0147. The van der Waals surface area contributed by atoms with Crippen LogP contribution in [0.4, 0.5) is 20.2 Å². The van der Waals surface area contributed by atoms with Crippen molar-refractivity contribution in [1.29, 1.82) is 0 Å². The topological polar surface area (TPSA) is 259 Å². The standard InChI is InChI=1S/C42H51N6O15P/c1-22(29(36(49)50)46-37(51)56-18-27-25-16-12-10-14-23(25)24-15-11-13-17-26(24)27)63-64(54,55)57-19-28-31-32(60-42(8,9)59-31)35(58-28)47-21-45-30-33(47)43-20-44-34(30)48(38(52)61-40(2,3)4)39(53)62-41(5,6)7/h10-17,20-22,27-29,31-32,35H,18-19H2,1-9H3,(H,46,51)(H,49,50)(H,54,55)/t22-,28-,29+,31-,32-,35-/m1/s1. The highest BCUT2D eigenvalue weighted by Gasteiger charge is 2.57. The summed E-state index contributed by atoms with van der Waals surface area (Å²) in [5, 5.41) is 12.2. The van der Waals surface area contributed by atoms with E-state index in [9.17, 15) is 33.7 Å². The fourth-order valence-corrected chi connectivity index (χ4v) is 8.62. The maximum absolute atomic E-state index is 13.5. The smallest absolute Gasteiger partial charge is 0.472 e. The van der Waals surface area contributed by atoms with Crippen molar-refractivity contribution in [3.8, 4) is 11.1 Å². The number of amides is 3. The van der Waals surface area contributed by atoms with Crippen molar-refractivity contribution in [2.24, 2.45) is 0 Å². The van der Waals surface area contributed by atoms with E-state index in [2.05, 4.69) is 20.3 Å². The van der Waals surface area contributed by atoms with Gasteiger partial charge in [0.25, 0.3) is 0 Å². The van der Waals surface area contributed by atoms with E-state index in [1.807, 2.05) is 48.5 Å². The van der Waals surface area contributed by atoms with Crippen LogP contribution in [-0.4, -0.2) is 114 Å². The number of nitrogens with zero attached hydrogens (tertiary/aromatic N) is 5. The molecule has 344 valence electrons. The van der Waals surface area contributed by atoms with Gasteiger partial charge in [-0.1, -0.05) is 48.5 Å². The fourth-order valence-electron chi connectivity index (χ4n) is 7.69. The maximum atomic E-state index is 13.5.